The van der Waals surface area contributed by atoms with Gasteiger partial charge in [0.1, 0.15) is 17.5 Å². The van der Waals surface area contributed by atoms with Gasteiger partial charge < -0.3 is 10.0 Å². The lowest BCUT2D eigenvalue weighted by Crippen LogP contribution is -2.37. The van der Waals surface area contributed by atoms with E-state index in [-0.39, 0.29) is 12.0 Å². The molecule has 0 aliphatic carbocycles. The molecule has 0 aromatic heterocycles. The molecule has 0 amide bonds. The fourth-order valence-electron chi connectivity index (χ4n) is 1.36. The van der Waals surface area contributed by atoms with E-state index in [0.29, 0.717) is 12.5 Å². The van der Waals surface area contributed by atoms with Gasteiger partial charge in [-0.3, -0.25) is 0 Å². The third-order valence-corrected chi connectivity index (χ3v) is 2.06. The fourth-order valence-corrected chi connectivity index (χ4v) is 1.36. The zero-order valence-electron chi connectivity index (χ0n) is 8.10. The molecule has 1 aromatic rings. The van der Waals surface area contributed by atoms with Crippen LogP contribution in [-0.2, 0) is 6.42 Å². The SMILES string of the molecule is CCCc1c(F)cc(F)c(B(O)O)c1F. The van der Waals surface area contributed by atoms with Crippen molar-refractivity contribution < 1.29 is 23.2 Å². The van der Waals surface area contributed by atoms with Gasteiger partial charge in [-0.05, 0) is 6.42 Å². The van der Waals surface area contributed by atoms with Gasteiger partial charge in [-0.15, -0.1) is 0 Å². The summed E-state index contributed by atoms with van der Waals surface area (Å²) in [7, 11) is -2.28. The lowest BCUT2D eigenvalue weighted by molar-refractivity contribution is 0.417. The molecule has 1 aromatic carbocycles. The Morgan fingerprint density at radius 2 is 1.80 bits per heavy atom. The molecule has 2 nitrogen and oxygen atoms in total. The largest absolute Gasteiger partial charge is 0.494 e. The first-order valence-corrected chi connectivity index (χ1v) is 4.51. The molecule has 0 aliphatic heterocycles. The third-order valence-electron chi connectivity index (χ3n) is 2.06. The van der Waals surface area contributed by atoms with E-state index in [0.717, 1.165) is 0 Å². The van der Waals surface area contributed by atoms with Crippen molar-refractivity contribution in [3.63, 3.8) is 0 Å². The number of halogens is 3. The highest BCUT2D eigenvalue weighted by Crippen LogP contribution is 2.15. The molecule has 0 heterocycles. The second-order valence-electron chi connectivity index (χ2n) is 3.17. The number of rotatable bonds is 3. The van der Waals surface area contributed by atoms with Crippen LogP contribution in [0.5, 0.6) is 0 Å². The first-order chi connectivity index (χ1) is 6.99. The highest BCUT2D eigenvalue weighted by Gasteiger charge is 2.26. The van der Waals surface area contributed by atoms with Gasteiger partial charge in [0.2, 0.25) is 0 Å². The quantitative estimate of drug-likeness (QED) is 0.734. The van der Waals surface area contributed by atoms with Crippen LogP contribution in [0, 0.1) is 17.5 Å². The lowest BCUT2D eigenvalue weighted by atomic mass is 9.78. The van der Waals surface area contributed by atoms with Crippen LogP contribution >= 0.6 is 0 Å². The summed E-state index contributed by atoms with van der Waals surface area (Å²) in [6, 6.07) is 0.461. The van der Waals surface area contributed by atoms with Crippen molar-refractivity contribution >= 4 is 12.6 Å². The smallest absolute Gasteiger partial charge is 0.423 e. The maximum absolute atomic E-state index is 13.4. The summed E-state index contributed by atoms with van der Waals surface area (Å²) in [6.45, 7) is 1.71. The van der Waals surface area contributed by atoms with Crippen LogP contribution in [0.1, 0.15) is 18.9 Å². The molecule has 0 bridgehead atoms. The van der Waals surface area contributed by atoms with Crippen LogP contribution in [-0.4, -0.2) is 17.2 Å². The zero-order chi connectivity index (χ0) is 11.6. The summed E-state index contributed by atoms with van der Waals surface area (Å²) in [4.78, 5) is 0. The Morgan fingerprint density at radius 3 is 2.27 bits per heavy atom. The van der Waals surface area contributed by atoms with Crippen LogP contribution in [0.2, 0.25) is 0 Å². The van der Waals surface area contributed by atoms with Gasteiger partial charge in [-0.1, -0.05) is 13.3 Å². The van der Waals surface area contributed by atoms with Crippen molar-refractivity contribution in [2.24, 2.45) is 0 Å². The number of benzene rings is 1. The normalized spacial score (nSPS) is 10.5. The van der Waals surface area contributed by atoms with E-state index in [2.05, 4.69) is 0 Å². The minimum Gasteiger partial charge on any atom is -0.423 e. The summed E-state index contributed by atoms with van der Waals surface area (Å²) < 4.78 is 39.5. The van der Waals surface area contributed by atoms with Gasteiger partial charge in [0, 0.05) is 11.6 Å². The van der Waals surface area contributed by atoms with E-state index < -0.39 is 30.0 Å². The molecule has 6 heteroatoms. The molecular weight excluding hydrogens is 208 g/mol. The van der Waals surface area contributed by atoms with E-state index in [4.69, 9.17) is 10.0 Å². The van der Waals surface area contributed by atoms with Crippen molar-refractivity contribution in [2.45, 2.75) is 19.8 Å². The minimum absolute atomic E-state index is 0.0810. The molecule has 0 unspecified atom stereocenters. The van der Waals surface area contributed by atoms with Gasteiger partial charge in [0.25, 0.3) is 0 Å². The second kappa shape index (κ2) is 4.68. The summed E-state index contributed by atoms with van der Waals surface area (Å²) in [5, 5.41) is 17.4. The Hall–Kier alpha value is -1.01. The van der Waals surface area contributed by atoms with Crippen LogP contribution in [0.15, 0.2) is 6.07 Å². The van der Waals surface area contributed by atoms with Crippen LogP contribution in [0.25, 0.3) is 0 Å². The molecule has 0 radical (unpaired) electrons. The van der Waals surface area contributed by atoms with Crippen molar-refractivity contribution in [3.8, 4) is 0 Å². The average molecular weight is 218 g/mol. The van der Waals surface area contributed by atoms with Crippen LogP contribution in [0.4, 0.5) is 13.2 Å². The number of hydrogen-bond donors (Lipinski definition) is 2. The molecule has 82 valence electrons. The minimum atomic E-state index is -2.28. The predicted molar refractivity (Wildman–Crippen MR) is 50.1 cm³/mol. The van der Waals surface area contributed by atoms with Crippen molar-refractivity contribution in [1.29, 1.82) is 0 Å². The van der Waals surface area contributed by atoms with Gasteiger partial charge in [-0.2, -0.15) is 0 Å². The molecule has 15 heavy (non-hydrogen) atoms. The summed E-state index contributed by atoms with van der Waals surface area (Å²) >= 11 is 0. The van der Waals surface area contributed by atoms with Gasteiger partial charge in [0.05, 0.1) is 5.46 Å². The first-order valence-electron chi connectivity index (χ1n) is 4.51. The standard InChI is InChI=1S/C9H10BF3O2/c1-2-3-5-6(11)4-7(12)8(9(5)13)10(14)15/h4,14-15H,2-3H2,1H3. The van der Waals surface area contributed by atoms with Crippen molar-refractivity contribution in [2.75, 3.05) is 0 Å². The Bertz CT molecular complexity index is 369. The summed E-state index contributed by atoms with van der Waals surface area (Å²) in [5.41, 5.74) is -1.22. The second-order valence-corrected chi connectivity index (χ2v) is 3.17. The van der Waals surface area contributed by atoms with Crippen molar-refractivity contribution in [1.82, 2.24) is 0 Å². The summed E-state index contributed by atoms with van der Waals surface area (Å²) in [6.07, 6.45) is 0.554. The molecule has 0 atom stereocenters. The van der Waals surface area contributed by atoms with E-state index in [9.17, 15) is 13.2 Å². The average Bonchev–Trinajstić information content (AvgIpc) is 2.11. The first kappa shape index (κ1) is 12.1. The molecule has 2 N–H and O–H groups in total. The van der Waals surface area contributed by atoms with Gasteiger partial charge >= 0.3 is 7.12 Å². The Kier molecular flexibility index (Phi) is 3.76. The Morgan fingerprint density at radius 1 is 1.20 bits per heavy atom. The van der Waals surface area contributed by atoms with E-state index in [1.165, 1.54) is 0 Å². The van der Waals surface area contributed by atoms with Gasteiger partial charge in [0.15, 0.2) is 0 Å². The maximum Gasteiger partial charge on any atom is 0.494 e. The molecule has 0 saturated heterocycles. The molecule has 0 saturated carbocycles. The molecule has 0 spiro atoms. The van der Waals surface area contributed by atoms with E-state index in [1.54, 1.807) is 6.92 Å². The van der Waals surface area contributed by atoms with Crippen LogP contribution in [0.3, 0.4) is 0 Å². The summed E-state index contributed by atoms with van der Waals surface area (Å²) in [5.74, 6) is -3.51. The topological polar surface area (TPSA) is 40.5 Å². The predicted octanol–water partition coefficient (Wildman–Crippen LogP) is 0.736. The van der Waals surface area contributed by atoms with Crippen LogP contribution < -0.4 is 5.46 Å². The molecule has 0 fully saturated rings. The van der Waals surface area contributed by atoms with Gasteiger partial charge in [-0.25, -0.2) is 13.2 Å². The Balaban J connectivity index is 3.35. The maximum atomic E-state index is 13.4. The molecule has 0 aliphatic rings. The fraction of sp³-hybridized carbons (Fsp3) is 0.333. The zero-order valence-corrected chi connectivity index (χ0v) is 8.10. The monoisotopic (exact) mass is 218 g/mol. The number of hydrogen-bond acceptors (Lipinski definition) is 2. The van der Waals surface area contributed by atoms with Crippen molar-refractivity contribution in [3.05, 3.63) is 29.1 Å². The molecular formula is C9H10BF3O2. The molecule has 1 rings (SSSR count). The highest BCUT2D eigenvalue weighted by atomic mass is 19.1. The van der Waals surface area contributed by atoms with E-state index >= 15 is 0 Å². The Labute approximate surface area is 85.5 Å². The third kappa shape index (κ3) is 2.32. The lowest BCUT2D eigenvalue weighted by Gasteiger charge is -2.09. The highest BCUT2D eigenvalue weighted by molar-refractivity contribution is 6.58. The van der Waals surface area contributed by atoms with E-state index in [1.807, 2.05) is 0 Å².